The number of benzene rings is 1. The maximum absolute atomic E-state index is 12.6. The third-order valence-electron chi connectivity index (χ3n) is 4.18. The van der Waals surface area contributed by atoms with Crippen molar-refractivity contribution in [2.45, 2.75) is 33.2 Å². The normalized spacial score (nSPS) is 11.9. The number of hydrogen-bond acceptors (Lipinski definition) is 4. The molecule has 2 aromatic rings. The summed E-state index contributed by atoms with van der Waals surface area (Å²) in [5.41, 5.74) is 1.77. The van der Waals surface area contributed by atoms with E-state index in [4.69, 9.17) is 11.6 Å². The van der Waals surface area contributed by atoms with Gasteiger partial charge in [-0.3, -0.25) is 14.5 Å². The smallest absolute Gasteiger partial charge is 0.242 e. The number of amides is 2. The van der Waals surface area contributed by atoms with Crippen molar-refractivity contribution >= 4 is 34.9 Å². The molecule has 1 aromatic carbocycles. The summed E-state index contributed by atoms with van der Waals surface area (Å²) in [6.45, 7) is 6.49. The lowest BCUT2D eigenvalue weighted by Gasteiger charge is -2.27. The highest BCUT2D eigenvalue weighted by Gasteiger charge is 2.23. The summed E-state index contributed by atoms with van der Waals surface area (Å²) in [6.07, 6.45) is 2.30. The van der Waals surface area contributed by atoms with Crippen molar-refractivity contribution in [3.8, 4) is 0 Å². The van der Waals surface area contributed by atoms with Gasteiger partial charge in [0.1, 0.15) is 5.82 Å². The molecule has 0 aliphatic heterocycles. The molecular formula is C20H25ClN4O2. The highest BCUT2D eigenvalue weighted by molar-refractivity contribution is 6.30. The van der Waals surface area contributed by atoms with Crippen LogP contribution < -0.4 is 10.6 Å². The maximum atomic E-state index is 12.6. The van der Waals surface area contributed by atoms with Gasteiger partial charge in [0.15, 0.2) is 0 Å². The van der Waals surface area contributed by atoms with Crippen LogP contribution in [-0.4, -0.2) is 40.8 Å². The van der Waals surface area contributed by atoms with Crippen LogP contribution >= 0.6 is 11.6 Å². The fourth-order valence-corrected chi connectivity index (χ4v) is 2.74. The highest BCUT2D eigenvalue weighted by Crippen LogP contribution is 2.14. The second kappa shape index (κ2) is 10.0. The summed E-state index contributed by atoms with van der Waals surface area (Å²) in [6, 6.07) is 10.4. The molecule has 0 saturated heterocycles. The minimum atomic E-state index is -0.481. The number of pyridine rings is 1. The number of hydrogen-bond donors (Lipinski definition) is 2. The quantitative estimate of drug-likeness (QED) is 0.722. The van der Waals surface area contributed by atoms with Crippen LogP contribution in [0, 0.1) is 6.92 Å². The number of carbonyl (C=O) groups excluding carboxylic acids is 2. The number of aryl methyl sites for hydroxylation is 1. The van der Waals surface area contributed by atoms with E-state index in [0.717, 1.165) is 17.7 Å². The van der Waals surface area contributed by atoms with Gasteiger partial charge in [-0.1, -0.05) is 36.7 Å². The topological polar surface area (TPSA) is 74.3 Å². The van der Waals surface area contributed by atoms with Crippen LogP contribution in [0.2, 0.25) is 5.02 Å². The van der Waals surface area contributed by atoms with E-state index in [1.807, 2.05) is 43.0 Å². The fourth-order valence-electron chi connectivity index (χ4n) is 2.63. The summed E-state index contributed by atoms with van der Waals surface area (Å²) in [5, 5.41) is 6.17. The van der Waals surface area contributed by atoms with Crippen molar-refractivity contribution in [1.29, 1.82) is 0 Å². The lowest BCUT2D eigenvalue weighted by atomic mass is 10.2. The molecule has 27 heavy (non-hydrogen) atoms. The van der Waals surface area contributed by atoms with Gasteiger partial charge in [0.05, 0.1) is 17.6 Å². The minimum absolute atomic E-state index is 0.130. The van der Waals surface area contributed by atoms with Gasteiger partial charge in [-0.25, -0.2) is 4.98 Å². The van der Waals surface area contributed by atoms with Gasteiger partial charge in [0.2, 0.25) is 11.8 Å². The van der Waals surface area contributed by atoms with Crippen LogP contribution in [0.25, 0.3) is 0 Å². The zero-order chi connectivity index (χ0) is 19.8. The first-order valence-corrected chi connectivity index (χ1v) is 9.30. The van der Waals surface area contributed by atoms with Crippen LogP contribution in [-0.2, 0) is 9.59 Å². The molecule has 0 radical (unpaired) electrons. The van der Waals surface area contributed by atoms with E-state index in [0.29, 0.717) is 17.4 Å². The van der Waals surface area contributed by atoms with Crippen molar-refractivity contribution in [1.82, 2.24) is 9.88 Å². The molecule has 0 spiro atoms. The molecule has 1 aromatic heterocycles. The summed E-state index contributed by atoms with van der Waals surface area (Å²) >= 11 is 5.81. The third kappa shape index (κ3) is 6.34. The number of aromatic nitrogens is 1. The monoisotopic (exact) mass is 388 g/mol. The average molecular weight is 389 g/mol. The second-order valence-electron chi connectivity index (χ2n) is 6.36. The molecule has 2 N–H and O–H groups in total. The van der Waals surface area contributed by atoms with Crippen molar-refractivity contribution in [3.63, 3.8) is 0 Å². The lowest BCUT2D eigenvalue weighted by molar-refractivity contribution is -0.123. The van der Waals surface area contributed by atoms with Gasteiger partial charge in [0.25, 0.3) is 0 Å². The number of nitrogens with zero attached hydrogens (tertiary/aromatic N) is 2. The molecule has 144 valence electrons. The Hall–Kier alpha value is -2.44. The SMILES string of the molecule is CCCN(CC(=O)Nc1ccccc1C)C(C)C(=O)Nc1ccc(Cl)cn1. The van der Waals surface area contributed by atoms with E-state index in [-0.39, 0.29) is 18.4 Å². The zero-order valence-corrected chi connectivity index (χ0v) is 16.6. The van der Waals surface area contributed by atoms with Crippen molar-refractivity contribution in [2.24, 2.45) is 0 Å². The van der Waals surface area contributed by atoms with Crippen molar-refractivity contribution in [2.75, 3.05) is 23.7 Å². The number of carbonyl (C=O) groups is 2. The van der Waals surface area contributed by atoms with E-state index in [1.165, 1.54) is 6.20 Å². The molecule has 6 nitrogen and oxygen atoms in total. The predicted octanol–water partition coefficient (Wildman–Crippen LogP) is 3.72. The standard InChI is InChI=1S/C20H25ClN4O2/c1-4-11-25(13-19(26)23-17-8-6-5-7-14(17)2)15(3)20(27)24-18-10-9-16(21)12-22-18/h5-10,12,15H,4,11,13H2,1-3H3,(H,23,26)(H,22,24,27). The first-order chi connectivity index (χ1) is 12.9. The van der Waals surface area contributed by atoms with Crippen LogP contribution in [0.1, 0.15) is 25.8 Å². The number of rotatable bonds is 8. The highest BCUT2D eigenvalue weighted by atomic mass is 35.5. The summed E-state index contributed by atoms with van der Waals surface area (Å²) < 4.78 is 0. The van der Waals surface area contributed by atoms with Gasteiger partial charge in [0, 0.05) is 11.9 Å². The summed E-state index contributed by atoms with van der Waals surface area (Å²) in [5.74, 6) is 0.0565. The van der Waals surface area contributed by atoms with Gasteiger partial charge < -0.3 is 10.6 Å². The molecule has 0 fully saturated rings. The minimum Gasteiger partial charge on any atom is -0.325 e. The Balaban J connectivity index is 1.99. The average Bonchev–Trinajstić information content (AvgIpc) is 2.64. The van der Waals surface area contributed by atoms with Crippen LogP contribution in [0.3, 0.4) is 0 Å². The molecule has 0 saturated carbocycles. The number of para-hydroxylation sites is 1. The van der Waals surface area contributed by atoms with E-state index in [1.54, 1.807) is 19.1 Å². The predicted molar refractivity (Wildman–Crippen MR) is 109 cm³/mol. The maximum Gasteiger partial charge on any atom is 0.242 e. The van der Waals surface area contributed by atoms with E-state index >= 15 is 0 Å². The fraction of sp³-hybridized carbons (Fsp3) is 0.350. The molecule has 0 bridgehead atoms. The van der Waals surface area contributed by atoms with Crippen LogP contribution in [0.15, 0.2) is 42.6 Å². The third-order valence-corrected chi connectivity index (χ3v) is 4.41. The van der Waals surface area contributed by atoms with Gasteiger partial charge in [-0.2, -0.15) is 0 Å². The zero-order valence-electron chi connectivity index (χ0n) is 15.8. The molecule has 1 atom stereocenters. The Morgan fingerprint density at radius 2 is 1.93 bits per heavy atom. The molecule has 7 heteroatoms. The molecular weight excluding hydrogens is 364 g/mol. The molecule has 1 heterocycles. The number of nitrogens with one attached hydrogen (secondary N) is 2. The Morgan fingerprint density at radius 3 is 2.56 bits per heavy atom. The molecule has 2 amide bonds. The molecule has 1 unspecified atom stereocenters. The van der Waals surface area contributed by atoms with E-state index < -0.39 is 6.04 Å². The van der Waals surface area contributed by atoms with Gasteiger partial charge in [-0.15, -0.1) is 0 Å². The van der Waals surface area contributed by atoms with Crippen LogP contribution in [0.4, 0.5) is 11.5 Å². The molecule has 2 rings (SSSR count). The first-order valence-electron chi connectivity index (χ1n) is 8.92. The van der Waals surface area contributed by atoms with Crippen LogP contribution in [0.5, 0.6) is 0 Å². The largest absolute Gasteiger partial charge is 0.325 e. The van der Waals surface area contributed by atoms with E-state index in [9.17, 15) is 9.59 Å². The number of halogens is 1. The Kier molecular flexibility index (Phi) is 7.76. The molecule has 0 aliphatic rings. The lowest BCUT2D eigenvalue weighted by Crippen LogP contribution is -2.46. The van der Waals surface area contributed by atoms with Crippen molar-refractivity contribution in [3.05, 3.63) is 53.2 Å². The number of anilines is 2. The van der Waals surface area contributed by atoms with E-state index in [2.05, 4.69) is 15.6 Å². The Bertz CT molecular complexity index is 780. The molecule has 0 aliphatic carbocycles. The van der Waals surface area contributed by atoms with Gasteiger partial charge >= 0.3 is 0 Å². The Morgan fingerprint density at radius 1 is 1.19 bits per heavy atom. The second-order valence-corrected chi connectivity index (χ2v) is 6.80. The summed E-state index contributed by atoms with van der Waals surface area (Å²) in [4.78, 5) is 30.9. The van der Waals surface area contributed by atoms with Crippen molar-refractivity contribution < 1.29 is 9.59 Å². The first kappa shape index (κ1) is 20.9. The van der Waals surface area contributed by atoms with Gasteiger partial charge in [-0.05, 0) is 50.6 Å². The summed E-state index contributed by atoms with van der Waals surface area (Å²) in [7, 11) is 0. The Labute approximate surface area is 164 Å².